The Labute approximate surface area is 135 Å². The van der Waals surface area contributed by atoms with Crippen LogP contribution in [0.15, 0.2) is 48.5 Å². The van der Waals surface area contributed by atoms with E-state index in [1.807, 2.05) is 33.8 Å². The molecular weight excluding hydrogens is 270 g/mol. The average molecular weight is 299 g/mol. The van der Waals surface area contributed by atoms with Crippen LogP contribution < -0.4 is 10.5 Å². The topological polar surface area (TPSA) is 35.2 Å². The number of rotatable bonds is 2. The summed E-state index contributed by atoms with van der Waals surface area (Å²) in [5.74, 6) is 1.02. The molecule has 0 amide bonds. The van der Waals surface area contributed by atoms with Crippen molar-refractivity contribution >= 4 is 0 Å². The molecular formula is C20H29NO. The van der Waals surface area contributed by atoms with Gasteiger partial charge in [-0.2, -0.15) is 0 Å². The third-order valence-electron chi connectivity index (χ3n) is 3.46. The molecule has 0 aromatic heterocycles. The van der Waals surface area contributed by atoms with Gasteiger partial charge < -0.3 is 10.5 Å². The number of ether oxygens (including phenoxy) is 1. The van der Waals surface area contributed by atoms with Crippen LogP contribution in [-0.2, 0) is 6.42 Å². The van der Waals surface area contributed by atoms with E-state index in [1.54, 1.807) is 0 Å². The Hall–Kier alpha value is -1.80. The van der Waals surface area contributed by atoms with Crippen LogP contribution in [0.4, 0.5) is 0 Å². The zero-order valence-corrected chi connectivity index (χ0v) is 14.3. The van der Waals surface area contributed by atoms with E-state index < -0.39 is 0 Å². The van der Waals surface area contributed by atoms with Crippen molar-refractivity contribution in [3.05, 3.63) is 54.1 Å². The molecule has 0 spiro atoms. The first kappa shape index (κ1) is 18.2. The van der Waals surface area contributed by atoms with Gasteiger partial charge >= 0.3 is 0 Å². The van der Waals surface area contributed by atoms with E-state index in [0.717, 1.165) is 18.6 Å². The van der Waals surface area contributed by atoms with Gasteiger partial charge in [0.2, 0.25) is 0 Å². The van der Waals surface area contributed by atoms with E-state index in [9.17, 15) is 0 Å². The first-order valence-electron chi connectivity index (χ1n) is 8.42. The van der Waals surface area contributed by atoms with E-state index in [0.29, 0.717) is 6.54 Å². The summed E-state index contributed by atoms with van der Waals surface area (Å²) in [5, 5.41) is 0. The molecule has 0 radical (unpaired) electrons. The molecule has 0 fully saturated rings. The largest absolute Gasteiger partial charge is 0.488 e. The first-order chi connectivity index (χ1) is 10.9. The Morgan fingerprint density at radius 2 is 1.64 bits per heavy atom. The third kappa shape index (κ3) is 4.35. The smallest absolute Gasteiger partial charge is 0.130 e. The fraction of sp³-hybridized carbons (Fsp3) is 0.400. The fourth-order valence-corrected chi connectivity index (χ4v) is 2.47. The molecule has 2 aromatic rings. The Bertz CT molecular complexity index is 537. The van der Waals surface area contributed by atoms with E-state index in [1.165, 1.54) is 16.7 Å². The Morgan fingerprint density at radius 1 is 0.955 bits per heavy atom. The minimum absolute atomic E-state index is 0.155. The zero-order chi connectivity index (χ0) is 16.4. The fourth-order valence-electron chi connectivity index (χ4n) is 2.47. The molecule has 0 saturated carbocycles. The maximum Gasteiger partial charge on any atom is 0.130 e. The van der Waals surface area contributed by atoms with Crippen molar-refractivity contribution in [3.63, 3.8) is 0 Å². The van der Waals surface area contributed by atoms with Crippen LogP contribution in [0.3, 0.4) is 0 Å². The SMILES string of the molecule is CC.CC.NC[C@H]1CCc2cccc(-c3ccccc3)c2O1. The van der Waals surface area contributed by atoms with Crippen molar-refractivity contribution in [2.45, 2.75) is 46.6 Å². The third-order valence-corrected chi connectivity index (χ3v) is 3.46. The van der Waals surface area contributed by atoms with Gasteiger partial charge in [-0.25, -0.2) is 0 Å². The number of hydrogen-bond acceptors (Lipinski definition) is 2. The van der Waals surface area contributed by atoms with Crippen molar-refractivity contribution in [2.24, 2.45) is 5.73 Å². The molecule has 120 valence electrons. The number of para-hydroxylation sites is 1. The van der Waals surface area contributed by atoms with Gasteiger partial charge in [0, 0.05) is 12.1 Å². The van der Waals surface area contributed by atoms with Crippen molar-refractivity contribution in [2.75, 3.05) is 6.54 Å². The van der Waals surface area contributed by atoms with Crippen LogP contribution in [0.5, 0.6) is 5.75 Å². The summed E-state index contributed by atoms with van der Waals surface area (Å²) in [4.78, 5) is 0. The predicted octanol–water partition coefficient (Wildman–Crippen LogP) is 5.06. The highest BCUT2D eigenvalue weighted by Gasteiger charge is 2.21. The van der Waals surface area contributed by atoms with Crippen LogP contribution in [0.25, 0.3) is 11.1 Å². The zero-order valence-electron chi connectivity index (χ0n) is 14.3. The van der Waals surface area contributed by atoms with Gasteiger partial charge in [-0.15, -0.1) is 0 Å². The van der Waals surface area contributed by atoms with E-state index in [-0.39, 0.29) is 6.10 Å². The Morgan fingerprint density at radius 3 is 2.27 bits per heavy atom. The number of benzene rings is 2. The predicted molar refractivity (Wildman–Crippen MR) is 96.4 cm³/mol. The average Bonchev–Trinajstić information content (AvgIpc) is 2.65. The normalized spacial score (nSPS) is 15.2. The molecule has 0 bridgehead atoms. The number of hydrogen-bond donors (Lipinski definition) is 1. The summed E-state index contributed by atoms with van der Waals surface area (Å²) >= 11 is 0. The van der Waals surface area contributed by atoms with Gasteiger partial charge in [-0.05, 0) is 24.0 Å². The summed E-state index contributed by atoms with van der Waals surface area (Å²) in [5.41, 5.74) is 9.39. The van der Waals surface area contributed by atoms with Crippen LogP contribution in [0, 0.1) is 0 Å². The second kappa shape index (κ2) is 10.0. The number of nitrogens with two attached hydrogens (primary N) is 1. The highest BCUT2D eigenvalue weighted by atomic mass is 16.5. The quantitative estimate of drug-likeness (QED) is 0.841. The standard InChI is InChI=1S/C16H17NO.2C2H6/c17-11-14-10-9-13-7-4-8-15(16(13)18-14)12-5-2-1-3-6-12;2*1-2/h1-8,14H,9-11,17H2;2*1-2H3/t14-;;/m1../s1. The van der Waals surface area contributed by atoms with E-state index in [2.05, 4.69) is 42.5 Å². The van der Waals surface area contributed by atoms with Crippen molar-refractivity contribution in [1.29, 1.82) is 0 Å². The molecule has 0 unspecified atom stereocenters. The summed E-state index contributed by atoms with van der Waals surface area (Å²) in [7, 11) is 0. The first-order valence-corrected chi connectivity index (χ1v) is 8.42. The van der Waals surface area contributed by atoms with Gasteiger partial charge in [-0.1, -0.05) is 76.2 Å². The lowest BCUT2D eigenvalue weighted by molar-refractivity contribution is 0.182. The van der Waals surface area contributed by atoms with Crippen LogP contribution in [0.1, 0.15) is 39.7 Å². The lowest BCUT2D eigenvalue weighted by atomic mass is 9.96. The molecule has 22 heavy (non-hydrogen) atoms. The summed E-state index contributed by atoms with van der Waals surface area (Å²) < 4.78 is 6.04. The van der Waals surface area contributed by atoms with Gasteiger partial charge in [0.05, 0.1) is 0 Å². The second-order valence-corrected chi connectivity index (χ2v) is 4.67. The number of aryl methyl sites for hydroxylation is 1. The van der Waals surface area contributed by atoms with Crippen molar-refractivity contribution in [1.82, 2.24) is 0 Å². The number of fused-ring (bicyclic) bond motifs is 1. The summed E-state index contributed by atoms with van der Waals surface area (Å²) in [6, 6.07) is 16.7. The molecule has 1 heterocycles. The molecule has 1 aliphatic rings. The molecule has 3 rings (SSSR count). The van der Waals surface area contributed by atoms with E-state index >= 15 is 0 Å². The van der Waals surface area contributed by atoms with Crippen LogP contribution in [0.2, 0.25) is 0 Å². The lowest BCUT2D eigenvalue weighted by Gasteiger charge is -2.27. The molecule has 0 aliphatic carbocycles. The molecule has 1 atom stereocenters. The molecule has 2 nitrogen and oxygen atoms in total. The Kier molecular flexibility index (Phi) is 8.31. The van der Waals surface area contributed by atoms with Gasteiger partial charge in [0.15, 0.2) is 0 Å². The molecule has 2 heteroatoms. The highest BCUT2D eigenvalue weighted by molar-refractivity contribution is 5.72. The summed E-state index contributed by atoms with van der Waals surface area (Å²) in [6.45, 7) is 8.59. The minimum atomic E-state index is 0.155. The van der Waals surface area contributed by atoms with E-state index in [4.69, 9.17) is 10.5 Å². The molecule has 2 N–H and O–H groups in total. The van der Waals surface area contributed by atoms with Crippen molar-refractivity contribution in [3.8, 4) is 16.9 Å². The minimum Gasteiger partial charge on any atom is -0.488 e. The molecule has 0 saturated heterocycles. The van der Waals surface area contributed by atoms with Gasteiger partial charge in [0.25, 0.3) is 0 Å². The van der Waals surface area contributed by atoms with Crippen molar-refractivity contribution < 1.29 is 4.74 Å². The molecule has 2 aromatic carbocycles. The Balaban J connectivity index is 0.000000561. The molecule has 1 aliphatic heterocycles. The monoisotopic (exact) mass is 299 g/mol. The van der Waals surface area contributed by atoms with Gasteiger partial charge in [0.1, 0.15) is 11.9 Å². The lowest BCUT2D eigenvalue weighted by Crippen LogP contribution is -2.30. The van der Waals surface area contributed by atoms with Gasteiger partial charge in [-0.3, -0.25) is 0 Å². The maximum absolute atomic E-state index is 6.04. The maximum atomic E-state index is 6.04. The highest BCUT2D eigenvalue weighted by Crippen LogP contribution is 2.37. The van der Waals surface area contributed by atoms with Crippen LogP contribution >= 0.6 is 0 Å². The van der Waals surface area contributed by atoms with Crippen LogP contribution in [-0.4, -0.2) is 12.6 Å². The summed E-state index contributed by atoms with van der Waals surface area (Å²) in [6.07, 6.45) is 2.22. The second-order valence-electron chi connectivity index (χ2n) is 4.67.